The summed E-state index contributed by atoms with van der Waals surface area (Å²) in [6.45, 7) is 1.19. The van der Waals surface area contributed by atoms with Crippen LogP contribution in [0.1, 0.15) is 48.2 Å². The second-order valence-corrected chi connectivity index (χ2v) is 8.64. The van der Waals surface area contributed by atoms with Crippen molar-refractivity contribution < 1.29 is 27.0 Å². The molecule has 2 aliphatic rings. The monoisotopic (exact) mass is 477 g/mol. The molecule has 3 aromatic rings. The number of aromatic nitrogens is 4. The van der Waals surface area contributed by atoms with Gasteiger partial charge in [0.05, 0.1) is 25.4 Å². The molecule has 0 unspecified atom stereocenters. The van der Waals surface area contributed by atoms with Crippen LogP contribution < -0.4 is 10.1 Å². The lowest BCUT2D eigenvalue weighted by Crippen LogP contribution is -2.48. The molecular formula is C23H23F4N5O2. The summed E-state index contributed by atoms with van der Waals surface area (Å²) in [6, 6.07) is 12.4. The SMILES string of the molecule is COc1cc(F)c(-n2nnnc2C(F)(F)F)cc1[C@H]1CO[C@]2(CCCN[C@H]2c2ccccc2)C1. The lowest BCUT2D eigenvalue weighted by atomic mass is 9.77. The maximum absolute atomic E-state index is 14.9. The number of hydrogen-bond acceptors (Lipinski definition) is 6. The highest BCUT2D eigenvalue weighted by Crippen LogP contribution is 2.50. The number of rotatable bonds is 4. The number of halogens is 4. The van der Waals surface area contributed by atoms with E-state index in [9.17, 15) is 17.6 Å². The molecule has 7 nitrogen and oxygen atoms in total. The molecule has 2 aromatic carbocycles. The van der Waals surface area contributed by atoms with Crippen molar-refractivity contribution in [2.75, 3.05) is 20.3 Å². The van der Waals surface area contributed by atoms with Crippen molar-refractivity contribution in [3.63, 3.8) is 0 Å². The highest BCUT2D eigenvalue weighted by molar-refractivity contribution is 5.48. The third kappa shape index (κ3) is 3.92. The fraction of sp³-hybridized carbons (Fsp3) is 0.435. The normalized spacial score (nSPS) is 25.1. The van der Waals surface area contributed by atoms with Crippen LogP contribution in [0.4, 0.5) is 17.6 Å². The van der Waals surface area contributed by atoms with Crippen LogP contribution in [0.3, 0.4) is 0 Å². The van der Waals surface area contributed by atoms with E-state index in [1.54, 1.807) is 0 Å². The second-order valence-electron chi connectivity index (χ2n) is 8.64. The largest absolute Gasteiger partial charge is 0.496 e. The Balaban J connectivity index is 1.52. The highest BCUT2D eigenvalue weighted by atomic mass is 19.4. The number of benzene rings is 2. The van der Waals surface area contributed by atoms with Gasteiger partial charge >= 0.3 is 6.18 Å². The number of hydrogen-bond donors (Lipinski definition) is 1. The minimum atomic E-state index is -4.84. The van der Waals surface area contributed by atoms with Gasteiger partial charge in [0.1, 0.15) is 11.4 Å². The van der Waals surface area contributed by atoms with Crippen molar-refractivity contribution in [1.82, 2.24) is 25.5 Å². The summed E-state index contributed by atoms with van der Waals surface area (Å²) in [5.74, 6) is -2.30. The van der Waals surface area contributed by atoms with E-state index in [0.29, 0.717) is 23.3 Å². The van der Waals surface area contributed by atoms with E-state index in [-0.39, 0.29) is 17.7 Å². The van der Waals surface area contributed by atoms with Gasteiger partial charge in [0.25, 0.3) is 5.82 Å². The summed E-state index contributed by atoms with van der Waals surface area (Å²) in [5.41, 5.74) is 0.779. The van der Waals surface area contributed by atoms with Gasteiger partial charge in [0.2, 0.25) is 0 Å². The molecule has 3 heterocycles. The molecular weight excluding hydrogens is 454 g/mol. The number of piperidine rings is 1. The van der Waals surface area contributed by atoms with Crippen LogP contribution in [0.5, 0.6) is 5.75 Å². The predicted octanol–water partition coefficient (Wildman–Crippen LogP) is 4.20. The molecule has 1 N–H and O–H groups in total. The van der Waals surface area contributed by atoms with Crippen LogP contribution in [0, 0.1) is 5.82 Å². The van der Waals surface area contributed by atoms with Crippen LogP contribution in [-0.4, -0.2) is 46.1 Å². The van der Waals surface area contributed by atoms with Gasteiger partial charge in [-0.3, -0.25) is 0 Å². The molecule has 0 amide bonds. The lowest BCUT2D eigenvalue weighted by molar-refractivity contribution is -0.146. The van der Waals surface area contributed by atoms with E-state index in [1.807, 2.05) is 30.3 Å². The standard InChI is InChI=1S/C23H23F4N5O2/c1-33-19-11-17(24)18(32-21(23(25,26)27)29-30-31-32)10-16(19)15-12-22(34-13-15)8-5-9-28-20(22)14-6-3-2-4-7-14/h2-4,6-7,10-11,15,20,28H,5,8-9,12-13H2,1H3/t15-,20+,22-/m1/s1. The van der Waals surface area contributed by atoms with E-state index in [2.05, 4.69) is 20.8 Å². The molecule has 2 aliphatic heterocycles. The Hall–Kier alpha value is -3.05. The maximum Gasteiger partial charge on any atom is 0.453 e. The van der Waals surface area contributed by atoms with Crippen LogP contribution in [0.25, 0.3) is 5.69 Å². The fourth-order valence-corrected chi connectivity index (χ4v) is 5.15. The quantitative estimate of drug-likeness (QED) is 0.568. The van der Waals surface area contributed by atoms with Gasteiger partial charge in [0.15, 0.2) is 5.82 Å². The fourth-order valence-electron chi connectivity index (χ4n) is 5.15. The zero-order valence-electron chi connectivity index (χ0n) is 18.3. The molecule has 2 fully saturated rings. The number of nitrogens with zero attached hydrogens (tertiary/aromatic N) is 4. The minimum Gasteiger partial charge on any atom is -0.496 e. The molecule has 1 spiro atoms. The Kier molecular flexibility index (Phi) is 5.76. The van der Waals surface area contributed by atoms with E-state index < -0.39 is 29.1 Å². The zero-order chi connectivity index (χ0) is 23.9. The van der Waals surface area contributed by atoms with E-state index in [4.69, 9.17) is 9.47 Å². The van der Waals surface area contributed by atoms with Gasteiger partial charge in [-0.2, -0.15) is 17.9 Å². The van der Waals surface area contributed by atoms with Gasteiger partial charge in [0, 0.05) is 17.5 Å². The Labute approximate surface area is 193 Å². The number of tetrazole rings is 1. The van der Waals surface area contributed by atoms with E-state index >= 15 is 0 Å². The Morgan fingerprint density at radius 1 is 1.21 bits per heavy atom. The van der Waals surface area contributed by atoms with Crippen molar-refractivity contribution in [3.8, 4) is 11.4 Å². The van der Waals surface area contributed by atoms with Gasteiger partial charge in [-0.05, 0) is 47.9 Å². The molecule has 0 saturated carbocycles. The summed E-state index contributed by atoms with van der Waals surface area (Å²) < 4.78 is 67.1. The first-order valence-corrected chi connectivity index (χ1v) is 11.0. The molecule has 180 valence electrons. The first kappa shape index (κ1) is 22.7. The van der Waals surface area contributed by atoms with Gasteiger partial charge < -0.3 is 14.8 Å². The molecule has 34 heavy (non-hydrogen) atoms. The lowest BCUT2D eigenvalue weighted by Gasteiger charge is -2.41. The minimum absolute atomic E-state index is 0.0327. The molecule has 11 heteroatoms. The van der Waals surface area contributed by atoms with Gasteiger partial charge in [-0.1, -0.05) is 30.3 Å². The summed E-state index contributed by atoms with van der Waals surface area (Å²) in [6.07, 6.45) is -2.48. The number of ether oxygens (including phenoxy) is 2. The molecule has 5 rings (SSSR count). The smallest absolute Gasteiger partial charge is 0.453 e. The average molecular weight is 477 g/mol. The third-order valence-electron chi connectivity index (χ3n) is 6.64. The molecule has 1 aromatic heterocycles. The van der Waals surface area contributed by atoms with E-state index in [0.717, 1.165) is 31.0 Å². The van der Waals surface area contributed by atoms with Crippen LogP contribution in [-0.2, 0) is 10.9 Å². The Bertz CT molecular complexity index is 1170. The Morgan fingerprint density at radius 2 is 2.00 bits per heavy atom. The Morgan fingerprint density at radius 3 is 2.74 bits per heavy atom. The summed E-state index contributed by atoms with van der Waals surface area (Å²) in [4.78, 5) is 0. The number of alkyl halides is 3. The zero-order valence-corrected chi connectivity index (χ0v) is 18.3. The van der Waals surface area contributed by atoms with Crippen molar-refractivity contribution in [2.24, 2.45) is 0 Å². The van der Waals surface area contributed by atoms with Crippen LogP contribution in [0.2, 0.25) is 0 Å². The predicted molar refractivity (Wildman–Crippen MR) is 113 cm³/mol. The highest BCUT2D eigenvalue weighted by Gasteiger charge is 2.49. The van der Waals surface area contributed by atoms with Crippen molar-refractivity contribution in [1.29, 1.82) is 0 Å². The summed E-state index contributed by atoms with van der Waals surface area (Å²) in [5, 5.41) is 13.1. The maximum atomic E-state index is 14.9. The van der Waals surface area contributed by atoms with Crippen LogP contribution >= 0.6 is 0 Å². The van der Waals surface area contributed by atoms with E-state index in [1.165, 1.54) is 13.2 Å². The average Bonchev–Trinajstić information content (AvgIpc) is 3.48. The number of nitrogens with one attached hydrogen (secondary N) is 1. The third-order valence-corrected chi connectivity index (χ3v) is 6.64. The molecule has 0 aliphatic carbocycles. The molecule has 3 atom stereocenters. The van der Waals surface area contributed by atoms with Crippen molar-refractivity contribution >= 4 is 0 Å². The van der Waals surface area contributed by atoms with Crippen molar-refractivity contribution in [2.45, 2.75) is 43.0 Å². The first-order valence-electron chi connectivity index (χ1n) is 11.0. The molecule has 0 radical (unpaired) electrons. The number of methoxy groups -OCH3 is 1. The topological polar surface area (TPSA) is 74.1 Å². The van der Waals surface area contributed by atoms with Gasteiger partial charge in [-0.25, -0.2) is 4.39 Å². The summed E-state index contributed by atoms with van der Waals surface area (Å²) >= 11 is 0. The van der Waals surface area contributed by atoms with Gasteiger partial charge in [-0.15, -0.1) is 5.10 Å². The first-order chi connectivity index (χ1) is 16.3. The molecule has 2 saturated heterocycles. The van der Waals surface area contributed by atoms with Crippen LogP contribution in [0.15, 0.2) is 42.5 Å². The second kappa shape index (κ2) is 8.62. The molecule has 0 bridgehead atoms. The van der Waals surface area contributed by atoms with Crippen molar-refractivity contribution in [3.05, 3.63) is 65.2 Å². The summed E-state index contributed by atoms with van der Waals surface area (Å²) in [7, 11) is 1.40.